The fourth-order valence-corrected chi connectivity index (χ4v) is 4.29. The van der Waals surface area contributed by atoms with Crippen molar-refractivity contribution >= 4 is 22.8 Å². The number of benzene rings is 2. The van der Waals surface area contributed by atoms with E-state index in [4.69, 9.17) is 19.4 Å². The van der Waals surface area contributed by atoms with Crippen LogP contribution in [0.25, 0.3) is 5.57 Å². The predicted octanol–water partition coefficient (Wildman–Crippen LogP) is 7.59. The minimum Gasteiger partial charge on any atom is -0.493 e. The molecule has 9 heteroatoms. The van der Waals surface area contributed by atoms with E-state index in [0.717, 1.165) is 35.2 Å². The van der Waals surface area contributed by atoms with Crippen molar-refractivity contribution in [1.82, 2.24) is 15.0 Å². The van der Waals surface area contributed by atoms with Crippen molar-refractivity contribution in [2.75, 3.05) is 24.4 Å². The molecular weight excluding hydrogens is 524 g/mol. The van der Waals surface area contributed by atoms with Crippen LogP contribution in [-0.2, 0) is 17.9 Å². The predicted molar refractivity (Wildman–Crippen MR) is 158 cm³/mol. The number of rotatable bonds is 13. The smallest absolute Gasteiger partial charge is 0.162 e. The van der Waals surface area contributed by atoms with E-state index in [1.807, 2.05) is 63.2 Å². The Morgan fingerprint density at radius 1 is 1.00 bits per heavy atom. The third-order valence-electron chi connectivity index (χ3n) is 6.26. The largest absolute Gasteiger partial charge is 0.493 e. The van der Waals surface area contributed by atoms with Gasteiger partial charge < -0.3 is 20.1 Å². The molecule has 0 saturated heterocycles. The zero-order valence-electron chi connectivity index (χ0n) is 23.8. The molecule has 214 valence electrons. The van der Waals surface area contributed by atoms with Crippen LogP contribution in [0.1, 0.15) is 54.9 Å². The van der Waals surface area contributed by atoms with Gasteiger partial charge in [-0.3, -0.25) is 4.98 Å². The Labute approximate surface area is 239 Å². The lowest BCUT2D eigenvalue weighted by atomic mass is 10.0. The first-order valence-corrected chi connectivity index (χ1v) is 13.6. The molecule has 0 spiro atoms. The fraction of sp³-hybridized carbons (Fsp3) is 0.281. The lowest BCUT2D eigenvalue weighted by Crippen LogP contribution is -2.09. The molecule has 7 nitrogen and oxygen atoms in total. The molecule has 0 unspecified atom stereocenters. The first kappa shape index (κ1) is 29.6. The summed E-state index contributed by atoms with van der Waals surface area (Å²) in [6.45, 7) is 6.57. The molecule has 0 amide bonds. The Kier molecular flexibility index (Phi) is 10.3. The van der Waals surface area contributed by atoms with Gasteiger partial charge in [0.1, 0.15) is 23.2 Å². The lowest BCUT2D eigenvalue weighted by Gasteiger charge is -2.17. The van der Waals surface area contributed by atoms with Crippen molar-refractivity contribution in [3.63, 3.8) is 0 Å². The molecule has 0 bridgehead atoms. The number of aryl methyl sites for hydroxylation is 1. The molecule has 4 rings (SSSR count). The molecule has 0 saturated carbocycles. The number of ether oxygens (including phenoxy) is 2. The zero-order valence-corrected chi connectivity index (χ0v) is 23.8. The number of methoxy groups -OCH3 is 1. The number of anilines is 3. The van der Waals surface area contributed by atoms with Crippen LogP contribution in [0.15, 0.2) is 67.0 Å². The molecule has 2 heterocycles. The van der Waals surface area contributed by atoms with Gasteiger partial charge in [0.2, 0.25) is 0 Å². The highest BCUT2D eigenvalue weighted by Crippen LogP contribution is 2.31. The summed E-state index contributed by atoms with van der Waals surface area (Å²) in [4.78, 5) is 13.8. The van der Waals surface area contributed by atoms with E-state index >= 15 is 0 Å². The number of nitrogens with one attached hydrogen (secondary N) is 2. The van der Waals surface area contributed by atoms with E-state index in [1.54, 1.807) is 19.5 Å². The Bertz CT molecular complexity index is 1490. The second kappa shape index (κ2) is 14.3. The number of halogens is 2. The van der Waals surface area contributed by atoms with Gasteiger partial charge in [0.05, 0.1) is 18.9 Å². The third-order valence-corrected chi connectivity index (χ3v) is 6.26. The van der Waals surface area contributed by atoms with Crippen LogP contribution in [0.5, 0.6) is 5.75 Å². The number of aromatic nitrogens is 3. The van der Waals surface area contributed by atoms with Gasteiger partial charge in [-0.05, 0) is 37.5 Å². The highest BCUT2D eigenvalue weighted by atomic mass is 19.1. The zero-order chi connectivity index (χ0) is 29.2. The second-order valence-corrected chi connectivity index (χ2v) is 9.46. The van der Waals surface area contributed by atoms with E-state index in [1.165, 1.54) is 12.1 Å². The first-order chi connectivity index (χ1) is 19.9. The highest BCUT2D eigenvalue weighted by Gasteiger charge is 2.17. The van der Waals surface area contributed by atoms with Crippen molar-refractivity contribution in [1.29, 1.82) is 0 Å². The maximum Gasteiger partial charge on any atom is 0.162 e. The molecule has 0 aliphatic rings. The van der Waals surface area contributed by atoms with Crippen LogP contribution in [-0.4, -0.2) is 28.7 Å². The van der Waals surface area contributed by atoms with Crippen molar-refractivity contribution in [2.24, 2.45) is 0 Å². The minimum absolute atomic E-state index is 0.0547. The molecule has 0 aliphatic carbocycles. The van der Waals surface area contributed by atoms with Crippen LogP contribution < -0.4 is 15.4 Å². The van der Waals surface area contributed by atoms with Gasteiger partial charge in [-0.2, -0.15) is 0 Å². The summed E-state index contributed by atoms with van der Waals surface area (Å²) >= 11 is 0. The van der Waals surface area contributed by atoms with Gasteiger partial charge >= 0.3 is 0 Å². The summed E-state index contributed by atoms with van der Waals surface area (Å²) in [6, 6.07) is 13.7. The molecular formula is C32H35F2N5O2. The maximum atomic E-state index is 14.8. The van der Waals surface area contributed by atoms with E-state index < -0.39 is 11.6 Å². The van der Waals surface area contributed by atoms with Crippen LogP contribution in [0.2, 0.25) is 0 Å². The molecule has 2 N–H and O–H groups in total. The van der Waals surface area contributed by atoms with Crippen molar-refractivity contribution in [3.8, 4) is 5.75 Å². The van der Waals surface area contributed by atoms with Gasteiger partial charge in [0, 0.05) is 72.3 Å². The number of hydrogen-bond acceptors (Lipinski definition) is 7. The number of pyridine rings is 1. The van der Waals surface area contributed by atoms with Gasteiger partial charge in [-0.15, -0.1) is 0 Å². The molecule has 4 aromatic rings. The minimum atomic E-state index is -0.664. The number of hydrogen-bond donors (Lipinski definition) is 2. The normalized spacial score (nSPS) is 11.4. The summed E-state index contributed by atoms with van der Waals surface area (Å²) in [5.74, 6) is -0.0390. The quantitative estimate of drug-likeness (QED) is 0.175. The van der Waals surface area contributed by atoms with Gasteiger partial charge in [0.15, 0.2) is 5.82 Å². The lowest BCUT2D eigenvalue weighted by molar-refractivity contribution is 0.181. The third kappa shape index (κ3) is 7.64. The summed E-state index contributed by atoms with van der Waals surface area (Å²) in [6.07, 6.45) is 7.00. The molecule has 0 aliphatic heterocycles. The molecule has 41 heavy (non-hydrogen) atoms. The molecule has 2 aromatic carbocycles. The topological polar surface area (TPSA) is 81.2 Å². The van der Waals surface area contributed by atoms with Gasteiger partial charge in [-0.25, -0.2) is 18.7 Å². The molecule has 0 atom stereocenters. The van der Waals surface area contributed by atoms with Crippen LogP contribution in [0.4, 0.5) is 26.0 Å². The summed E-state index contributed by atoms with van der Waals surface area (Å²) in [5, 5.41) is 6.59. The molecule has 0 radical (unpaired) electrons. The standard InChI is InChI=1S/C32H35F2N5O2/c1-5-9-25(32-37-22(20-40-4)15-31(39-32)38-29-12-13-35-18-21(29)3)24-10-7-8-11-30(24)36-19-26-27(33)16-23(17-28(26)34)41-14-6-2/h7-13,15-18,36H,5-6,14,19-20H2,1-4H3,(H,35,37,38,39)/b25-9-. The highest BCUT2D eigenvalue weighted by molar-refractivity contribution is 5.84. The van der Waals surface area contributed by atoms with E-state index in [9.17, 15) is 8.78 Å². The van der Waals surface area contributed by atoms with Crippen LogP contribution in [0, 0.1) is 18.6 Å². The Morgan fingerprint density at radius 2 is 1.78 bits per heavy atom. The van der Waals surface area contributed by atoms with Crippen LogP contribution >= 0.6 is 0 Å². The summed E-state index contributed by atoms with van der Waals surface area (Å²) < 4.78 is 40.5. The SMILES string of the molecule is CC/C=C(\c1nc(COC)cc(Nc2ccncc2C)n1)c1ccccc1NCc1c(F)cc(OCCC)cc1F. The average Bonchev–Trinajstić information content (AvgIpc) is 2.96. The maximum absolute atomic E-state index is 14.8. The van der Waals surface area contributed by atoms with Crippen LogP contribution in [0.3, 0.4) is 0 Å². The van der Waals surface area contributed by atoms with Crippen molar-refractivity contribution in [3.05, 3.63) is 107 Å². The average molecular weight is 560 g/mol. The van der Waals surface area contributed by atoms with E-state index in [-0.39, 0.29) is 17.9 Å². The Morgan fingerprint density at radius 3 is 2.49 bits per heavy atom. The van der Waals surface area contributed by atoms with E-state index in [2.05, 4.69) is 15.6 Å². The Hall–Kier alpha value is -4.37. The monoisotopic (exact) mass is 559 g/mol. The summed E-state index contributed by atoms with van der Waals surface area (Å²) in [7, 11) is 1.62. The van der Waals surface area contributed by atoms with Gasteiger partial charge in [0.25, 0.3) is 0 Å². The number of allylic oxidation sites excluding steroid dienone is 1. The first-order valence-electron chi connectivity index (χ1n) is 13.6. The van der Waals surface area contributed by atoms with Crippen molar-refractivity contribution in [2.45, 2.75) is 46.8 Å². The van der Waals surface area contributed by atoms with Crippen molar-refractivity contribution < 1.29 is 18.3 Å². The number of nitrogens with zero attached hydrogens (tertiary/aromatic N) is 3. The summed E-state index contributed by atoms with van der Waals surface area (Å²) in [5.41, 5.74) is 4.77. The molecule has 0 fully saturated rings. The van der Waals surface area contributed by atoms with Gasteiger partial charge in [-0.1, -0.05) is 38.1 Å². The Balaban J connectivity index is 1.67. The number of para-hydroxylation sites is 1. The molecule has 2 aromatic heterocycles. The van der Waals surface area contributed by atoms with E-state index in [0.29, 0.717) is 36.2 Å². The fourth-order valence-electron chi connectivity index (χ4n) is 4.29. The second-order valence-electron chi connectivity index (χ2n) is 9.46.